The molecule has 1 saturated carbocycles. The lowest BCUT2D eigenvalue weighted by atomic mass is 10.1. The molecule has 162 valence electrons. The molecule has 1 aliphatic heterocycles. The van der Waals surface area contributed by atoms with Crippen LogP contribution in [0.2, 0.25) is 0 Å². The smallest absolute Gasteiger partial charge is 0.276 e. The first-order valence-corrected chi connectivity index (χ1v) is 9.70. The Hall–Kier alpha value is -3.14. The second-order valence-corrected chi connectivity index (χ2v) is 7.44. The molecule has 4 rings (SSSR count). The van der Waals surface area contributed by atoms with Crippen molar-refractivity contribution in [3.63, 3.8) is 0 Å². The molecule has 1 saturated heterocycles. The Morgan fingerprint density at radius 3 is 2.45 bits per heavy atom. The monoisotopic (exact) mass is 452 g/mol. The first-order chi connectivity index (χ1) is 14.8. The van der Waals surface area contributed by atoms with Crippen molar-refractivity contribution in [3.05, 3.63) is 64.4 Å². The van der Waals surface area contributed by atoms with Crippen LogP contribution in [-0.2, 0) is 11.4 Å². The fourth-order valence-corrected chi connectivity index (χ4v) is 3.55. The Balaban J connectivity index is 1.59. The van der Waals surface area contributed by atoms with Crippen molar-refractivity contribution in [1.82, 2.24) is 10.2 Å². The summed E-state index contributed by atoms with van der Waals surface area (Å²) in [6.45, 7) is -0.440. The quantitative estimate of drug-likeness (QED) is 0.310. The van der Waals surface area contributed by atoms with Gasteiger partial charge >= 0.3 is 0 Å². The molecule has 0 radical (unpaired) electrons. The van der Waals surface area contributed by atoms with Crippen LogP contribution in [0.25, 0.3) is 6.08 Å². The van der Waals surface area contributed by atoms with Crippen molar-refractivity contribution in [1.29, 1.82) is 0 Å². The number of hydrogen-bond acceptors (Lipinski definition) is 4. The highest BCUT2D eigenvalue weighted by Gasteiger charge is 2.41. The molecular formula is C21H16F4N2O3S. The van der Waals surface area contributed by atoms with Crippen molar-refractivity contribution in [3.8, 4) is 11.5 Å². The molecule has 5 nitrogen and oxygen atoms in total. The summed E-state index contributed by atoms with van der Waals surface area (Å²) < 4.78 is 64.8. The number of rotatable bonds is 6. The molecule has 1 amide bonds. The number of carbonyl (C=O) groups excluding carboxylic acids is 1. The molecule has 2 aromatic carbocycles. The number of nitrogens with zero attached hydrogens (tertiary/aromatic N) is 1. The minimum Gasteiger partial charge on any atom is -0.496 e. The topological polar surface area (TPSA) is 50.8 Å². The number of amides is 1. The summed E-state index contributed by atoms with van der Waals surface area (Å²) in [6.07, 6.45) is 3.38. The van der Waals surface area contributed by atoms with Gasteiger partial charge in [-0.1, -0.05) is 6.07 Å². The number of thiocarbonyl (C=S) groups is 1. The summed E-state index contributed by atoms with van der Waals surface area (Å²) in [7, 11) is 1.38. The summed E-state index contributed by atoms with van der Waals surface area (Å²) in [4.78, 5) is 14.1. The molecule has 1 N–H and O–H groups in total. The van der Waals surface area contributed by atoms with Crippen LogP contribution in [0.15, 0.2) is 30.0 Å². The van der Waals surface area contributed by atoms with Crippen LogP contribution in [0, 0.1) is 23.3 Å². The lowest BCUT2D eigenvalue weighted by molar-refractivity contribution is -0.122. The van der Waals surface area contributed by atoms with E-state index in [1.807, 2.05) is 0 Å². The number of halogens is 4. The SMILES string of the molecule is COc1ccc(/C=C2/NC(=S)N(C3CC3)C2=O)cc1COc1c(F)c(F)cc(F)c1F. The maximum atomic E-state index is 13.9. The minimum atomic E-state index is -1.63. The Kier molecular flexibility index (Phi) is 5.57. The van der Waals surface area contributed by atoms with Crippen LogP contribution in [0.1, 0.15) is 24.0 Å². The van der Waals surface area contributed by atoms with Crippen LogP contribution < -0.4 is 14.8 Å². The largest absolute Gasteiger partial charge is 0.496 e. The normalized spacial score (nSPS) is 17.3. The van der Waals surface area contributed by atoms with E-state index in [0.29, 0.717) is 27.7 Å². The maximum absolute atomic E-state index is 13.9. The van der Waals surface area contributed by atoms with E-state index in [1.165, 1.54) is 7.11 Å². The lowest BCUT2D eigenvalue weighted by Crippen LogP contribution is -2.32. The fraction of sp³-hybridized carbons (Fsp3) is 0.238. The van der Waals surface area contributed by atoms with E-state index in [-0.39, 0.29) is 18.0 Å². The van der Waals surface area contributed by atoms with Crippen molar-refractivity contribution < 1.29 is 31.8 Å². The number of benzene rings is 2. The van der Waals surface area contributed by atoms with Crippen LogP contribution in [-0.4, -0.2) is 29.1 Å². The zero-order valence-electron chi connectivity index (χ0n) is 16.2. The first-order valence-electron chi connectivity index (χ1n) is 9.29. The standard InChI is InChI=1S/C21H16F4N2O3S/c1-29-16-5-2-10(7-15-20(28)27(12-3-4-12)21(31)26-15)6-11(16)9-30-19-17(24)13(22)8-14(23)18(19)25/h2,5-8,12H,3-4,9H2,1H3,(H,26,31)/b15-7+. The molecule has 31 heavy (non-hydrogen) atoms. The van der Waals surface area contributed by atoms with Gasteiger partial charge in [-0.25, -0.2) is 8.78 Å². The second kappa shape index (κ2) is 8.18. The van der Waals surface area contributed by atoms with Gasteiger partial charge in [0.1, 0.15) is 18.1 Å². The Morgan fingerprint density at radius 2 is 1.84 bits per heavy atom. The lowest BCUT2D eigenvalue weighted by Gasteiger charge is -2.13. The van der Waals surface area contributed by atoms with Crippen LogP contribution >= 0.6 is 12.2 Å². The van der Waals surface area contributed by atoms with Crippen LogP contribution in [0.4, 0.5) is 17.6 Å². The van der Waals surface area contributed by atoms with Crippen molar-refractivity contribution >= 4 is 29.3 Å². The molecule has 10 heteroatoms. The molecule has 0 spiro atoms. The van der Waals surface area contributed by atoms with E-state index in [2.05, 4.69) is 5.32 Å². The van der Waals surface area contributed by atoms with Gasteiger partial charge in [0.05, 0.1) is 7.11 Å². The number of hydrogen-bond donors (Lipinski definition) is 1. The highest BCUT2D eigenvalue weighted by Crippen LogP contribution is 2.32. The van der Waals surface area contributed by atoms with Gasteiger partial charge < -0.3 is 14.8 Å². The third kappa shape index (κ3) is 4.07. The maximum Gasteiger partial charge on any atom is 0.276 e. The molecule has 1 heterocycles. The third-order valence-electron chi connectivity index (χ3n) is 4.88. The predicted molar refractivity (Wildman–Crippen MR) is 107 cm³/mol. The number of carbonyl (C=O) groups is 1. The average Bonchev–Trinajstić information content (AvgIpc) is 3.53. The highest BCUT2D eigenvalue weighted by atomic mass is 32.1. The van der Waals surface area contributed by atoms with Crippen molar-refractivity contribution in [2.24, 2.45) is 0 Å². The summed E-state index contributed by atoms with van der Waals surface area (Å²) in [6, 6.07) is 5.02. The molecule has 2 aliphatic rings. The van der Waals surface area contributed by atoms with E-state index < -0.39 is 35.6 Å². The molecule has 0 unspecified atom stereocenters. The van der Waals surface area contributed by atoms with Gasteiger partial charge in [0.2, 0.25) is 11.6 Å². The van der Waals surface area contributed by atoms with Crippen LogP contribution in [0.5, 0.6) is 11.5 Å². The fourth-order valence-electron chi connectivity index (χ4n) is 3.21. The zero-order chi connectivity index (χ0) is 22.3. The molecule has 1 aliphatic carbocycles. The van der Waals surface area contributed by atoms with Gasteiger partial charge in [-0.15, -0.1) is 0 Å². The summed E-state index contributed by atoms with van der Waals surface area (Å²) >= 11 is 5.21. The van der Waals surface area contributed by atoms with E-state index in [1.54, 1.807) is 29.2 Å². The summed E-state index contributed by atoms with van der Waals surface area (Å²) in [5.41, 5.74) is 1.19. The van der Waals surface area contributed by atoms with Gasteiger partial charge in [-0.05, 0) is 48.8 Å². The third-order valence-corrected chi connectivity index (χ3v) is 5.18. The van der Waals surface area contributed by atoms with E-state index in [4.69, 9.17) is 21.7 Å². The van der Waals surface area contributed by atoms with Gasteiger partial charge in [0.25, 0.3) is 5.91 Å². The van der Waals surface area contributed by atoms with Crippen molar-refractivity contribution in [2.45, 2.75) is 25.5 Å². The van der Waals surface area contributed by atoms with E-state index >= 15 is 0 Å². The molecule has 2 aromatic rings. The molecule has 0 atom stereocenters. The number of ether oxygens (including phenoxy) is 2. The Labute approximate surface area is 180 Å². The number of nitrogens with one attached hydrogen (secondary N) is 1. The molecule has 2 fully saturated rings. The van der Waals surface area contributed by atoms with E-state index in [0.717, 1.165) is 12.8 Å². The van der Waals surface area contributed by atoms with Gasteiger partial charge in [0.15, 0.2) is 22.5 Å². The highest BCUT2D eigenvalue weighted by molar-refractivity contribution is 7.80. The first kappa shape index (κ1) is 21.1. The van der Waals surface area contributed by atoms with Gasteiger partial charge in [-0.2, -0.15) is 8.78 Å². The Morgan fingerprint density at radius 1 is 1.16 bits per heavy atom. The summed E-state index contributed by atoms with van der Waals surface area (Å²) in [5, 5.41) is 3.22. The zero-order valence-corrected chi connectivity index (χ0v) is 17.0. The van der Waals surface area contributed by atoms with Crippen molar-refractivity contribution in [2.75, 3.05) is 7.11 Å². The van der Waals surface area contributed by atoms with Gasteiger partial charge in [0, 0.05) is 17.7 Å². The minimum absolute atomic E-state index is 0.103. The second-order valence-electron chi connectivity index (χ2n) is 7.05. The molecular weight excluding hydrogens is 436 g/mol. The molecule has 0 aromatic heterocycles. The van der Waals surface area contributed by atoms with Crippen LogP contribution in [0.3, 0.4) is 0 Å². The van der Waals surface area contributed by atoms with E-state index in [9.17, 15) is 22.4 Å². The van der Waals surface area contributed by atoms with Gasteiger partial charge in [-0.3, -0.25) is 9.69 Å². The molecule has 0 bridgehead atoms. The predicted octanol–water partition coefficient (Wildman–Crippen LogP) is 4.05. The Bertz CT molecular complexity index is 1090. The summed E-state index contributed by atoms with van der Waals surface area (Å²) in [5.74, 6) is -7.48. The number of methoxy groups -OCH3 is 1. The average molecular weight is 452 g/mol.